The van der Waals surface area contributed by atoms with Gasteiger partial charge in [0.1, 0.15) is 5.82 Å². The van der Waals surface area contributed by atoms with Gasteiger partial charge in [0.05, 0.1) is 0 Å². The number of hydrogen-bond donors (Lipinski definition) is 0. The molecule has 144 valence electrons. The van der Waals surface area contributed by atoms with Crippen LogP contribution in [0.15, 0.2) is 30.7 Å². The molecular formula is C21H28N4O2. The number of rotatable bonds is 4. The molecule has 0 radical (unpaired) electrons. The third kappa shape index (κ3) is 4.05. The lowest BCUT2D eigenvalue weighted by molar-refractivity contribution is 0.0656. The van der Waals surface area contributed by atoms with Crippen molar-refractivity contribution in [2.45, 2.75) is 45.1 Å². The van der Waals surface area contributed by atoms with Crippen molar-refractivity contribution in [3.8, 4) is 0 Å². The summed E-state index contributed by atoms with van der Waals surface area (Å²) >= 11 is 0. The second-order valence-corrected chi connectivity index (χ2v) is 7.75. The van der Waals surface area contributed by atoms with Gasteiger partial charge in [0.15, 0.2) is 0 Å². The molecule has 1 amide bonds. The molecule has 1 atom stereocenters. The van der Waals surface area contributed by atoms with E-state index in [2.05, 4.69) is 16.5 Å². The van der Waals surface area contributed by atoms with Crippen molar-refractivity contribution in [1.82, 2.24) is 19.4 Å². The number of carbonyl (C=O) groups excluding carboxylic acids is 1. The summed E-state index contributed by atoms with van der Waals surface area (Å²) in [5.74, 6) is 2.28. The molecule has 2 saturated heterocycles. The van der Waals surface area contributed by atoms with Crippen molar-refractivity contribution < 1.29 is 9.53 Å². The van der Waals surface area contributed by atoms with Crippen LogP contribution in [0.1, 0.15) is 53.5 Å². The van der Waals surface area contributed by atoms with Crippen LogP contribution in [0.5, 0.6) is 0 Å². The zero-order chi connectivity index (χ0) is 18.6. The van der Waals surface area contributed by atoms with E-state index in [0.29, 0.717) is 11.8 Å². The molecule has 0 aromatic carbocycles. The van der Waals surface area contributed by atoms with E-state index in [1.807, 2.05) is 11.1 Å². The highest BCUT2D eigenvalue weighted by Crippen LogP contribution is 2.28. The van der Waals surface area contributed by atoms with E-state index in [1.54, 1.807) is 24.5 Å². The summed E-state index contributed by atoms with van der Waals surface area (Å²) in [6.07, 6.45) is 9.68. The summed E-state index contributed by atoms with van der Waals surface area (Å²) in [4.78, 5) is 23.5. The van der Waals surface area contributed by atoms with Gasteiger partial charge in [-0.3, -0.25) is 9.78 Å². The minimum Gasteiger partial charge on any atom is -0.381 e. The monoisotopic (exact) mass is 368 g/mol. The highest BCUT2D eigenvalue weighted by molar-refractivity contribution is 5.94. The Labute approximate surface area is 160 Å². The number of piperidine rings is 1. The van der Waals surface area contributed by atoms with E-state index in [-0.39, 0.29) is 5.91 Å². The van der Waals surface area contributed by atoms with Crippen LogP contribution in [0.25, 0.3) is 0 Å². The van der Waals surface area contributed by atoms with Crippen LogP contribution < -0.4 is 0 Å². The smallest absolute Gasteiger partial charge is 0.253 e. The van der Waals surface area contributed by atoms with E-state index in [0.717, 1.165) is 64.1 Å². The van der Waals surface area contributed by atoms with E-state index in [4.69, 9.17) is 9.72 Å². The first-order chi connectivity index (χ1) is 13.2. The number of aromatic nitrogens is 3. The first kappa shape index (κ1) is 18.2. The number of imidazole rings is 1. The van der Waals surface area contributed by atoms with Crippen LogP contribution in [0, 0.1) is 12.8 Å². The SMILES string of the molecule is Cc1cnc(C2CCOCC2)n1CC1CCCN(C(=O)c2ccncc2)C1. The van der Waals surface area contributed by atoms with E-state index < -0.39 is 0 Å². The summed E-state index contributed by atoms with van der Waals surface area (Å²) < 4.78 is 7.90. The van der Waals surface area contributed by atoms with Crippen molar-refractivity contribution in [2.24, 2.45) is 5.92 Å². The van der Waals surface area contributed by atoms with Crippen molar-refractivity contribution in [2.75, 3.05) is 26.3 Å². The summed E-state index contributed by atoms with van der Waals surface area (Å²) in [5, 5.41) is 0. The third-order valence-corrected chi connectivity index (χ3v) is 5.85. The molecule has 2 aromatic rings. The van der Waals surface area contributed by atoms with Gasteiger partial charge in [0.2, 0.25) is 0 Å². The molecular weight excluding hydrogens is 340 g/mol. The Morgan fingerprint density at radius 2 is 2.00 bits per heavy atom. The van der Waals surface area contributed by atoms with Gasteiger partial charge >= 0.3 is 0 Å². The van der Waals surface area contributed by atoms with Gasteiger partial charge in [-0.1, -0.05) is 0 Å². The fourth-order valence-electron chi connectivity index (χ4n) is 4.33. The minimum absolute atomic E-state index is 0.120. The molecule has 27 heavy (non-hydrogen) atoms. The average molecular weight is 368 g/mol. The second-order valence-electron chi connectivity index (χ2n) is 7.75. The highest BCUT2D eigenvalue weighted by Gasteiger charge is 2.27. The van der Waals surface area contributed by atoms with E-state index in [9.17, 15) is 4.79 Å². The number of amides is 1. The van der Waals surface area contributed by atoms with Crippen molar-refractivity contribution in [1.29, 1.82) is 0 Å². The van der Waals surface area contributed by atoms with Gasteiger partial charge in [-0.2, -0.15) is 0 Å². The van der Waals surface area contributed by atoms with Crippen LogP contribution in [-0.2, 0) is 11.3 Å². The Kier molecular flexibility index (Phi) is 5.53. The Balaban J connectivity index is 1.45. The molecule has 2 aliphatic heterocycles. The number of likely N-dealkylation sites (tertiary alicyclic amines) is 1. The standard InChI is InChI=1S/C21H28N4O2/c1-16-13-23-20(18-6-11-27-12-7-18)25(16)15-17-3-2-10-24(14-17)21(26)19-4-8-22-9-5-19/h4-5,8-9,13,17-18H,2-3,6-7,10-12,14-15H2,1H3. The molecule has 0 saturated carbocycles. The van der Waals surface area contributed by atoms with Crippen LogP contribution in [0.3, 0.4) is 0 Å². The summed E-state index contributed by atoms with van der Waals surface area (Å²) in [7, 11) is 0. The average Bonchev–Trinajstić information content (AvgIpc) is 3.09. The van der Waals surface area contributed by atoms with Crippen molar-refractivity contribution in [3.05, 3.63) is 47.8 Å². The summed E-state index contributed by atoms with van der Waals surface area (Å²) in [6, 6.07) is 3.60. The lowest BCUT2D eigenvalue weighted by atomic mass is 9.95. The molecule has 6 heteroatoms. The Morgan fingerprint density at radius 3 is 2.78 bits per heavy atom. The molecule has 6 nitrogen and oxygen atoms in total. The number of ether oxygens (including phenoxy) is 1. The summed E-state index contributed by atoms with van der Waals surface area (Å²) in [6.45, 7) is 6.39. The van der Waals surface area contributed by atoms with Crippen LogP contribution in [-0.4, -0.2) is 51.6 Å². The van der Waals surface area contributed by atoms with Gasteiger partial charge in [-0.15, -0.1) is 0 Å². The fraction of sp³-hybridized carbons (Fsp3) is 0.571. The second kappa shape index (κ2) is 8.21. The maximum absolute atomic E-state index is 12.8. The largest absolute Gasteiger partial charge is 0.381 e. The van der Waals surface area contributed by atoms with E-state index in [1.165, 1.54) is 11.5 Å². The maximum Gasteiger partial charge on any atom is 0.253 e. The summed E-state index contributed by atoms with van der Waals surface area (Å²) in [5.41, 5.74) is 1.95. The fourth-order valence-corrected chi connectivity index (χ4v) is 4.33. The molecule has 1 unspecified atom stereocenters. The van der Waals surface area contributed by atoms with Gasteiger partial charge in [-0.05, 0) is 50.7 Å². The van der Waals surface area contributed by atoms with Gasteiger partial charge in [0.25, 0.3) is 5.91 Å². The Bertz CT molecular complexity index is 768. The molecule has 2 fully saturated rings. The molecule has 2 aromatic heterocycles. The van der Waals surface area contributed by atoms with Crippen molar-refractivity contribution >= 4 is 5.91 Å². The zero-order valence-electron chi connectivity index (χ0n) is 16.0. The van der Waals surface area contributed by atoms with Crippen LogP contribution >= 0.6 is 0 Å². The number of nitrogens with zero attached hydrogens (tertiary/aromatic N) is 4. The molecule has 4 heterocycles. The highest BCUT2D eigenvalue weighted by atomic mass is 16.5. The minimum atomic E-state index is 0.120. The van der Waals surface area contributed by atoms with Gasteiger partial charge in [-0.25, -0.2) is 4.98 Å². The topological polar surface area (TPSA) is 60.2 Å². The Morgan fingerprint density at radius 1 is 1.22 bits per heavy atom. The third-order valence-electron chi connectivity index (χ3n) is 5.85. The lowest BCUT2D eigenvalue weighted by Gasteiger charge is -2.34. The normalized spacial score (nSPS) is 21.4. The van der Waals surface area contributed by atoms with Gasteiger partial charge in [0, 0.05) is 68.6 Å². The first-order valence-electron chi connectivity index (χ1n) is 10.0. The lowest BCUT2D eigenvalue weighted by Crippen LogP contribution is -2.41. The number of aryl methyl sites for hydroxylation is 1. The quantitative estimate of drug-likeness (QED) is 0.832. The predicted molar refractivity (Wildman–Crippen MR) is 103 cm³/mol. The molecule has 2 aliphatic rings. The molecule has 0 spiro atoms. The van der Waals surface area contributed by atoms with E-state index >= 15 is 0 Å². The maximum atomic E-state index is 12.8. The number of pyridine rings is 1. The number of hydrogen-bond acceptors (Lipinski definition) is 4. The molecule has 0 aliphatic carbocycles. The molecule has 4 rings (SSSR count). The first-order valence-corrected chi connectivity index (χ1v) is 10.0. The molecule has 0 bridgehead atoms. The van der Waals surface area contributed by atoms with Crippen LogP contribution in [0.2, 0.25) is 0 Å². The van der Waals surface area contributed by atoms with Crippen LogP contribution in [0.4, 0.5) is 0 Å². The molecule has 0 N–H and O–H groups in total. The van der Waals surface area contributed by atoms with Crippen molar-refractivity contribution in [3.63, 3.8) is 0 Å². The van der Waals surface area contributed by atoms with Gasteiger partial charge < -0.3 is 14.2 Å². The zero-order valence-corrected chi connectivity index (χ0v) is 16.0. The number of carbonyl (C=O) groups is 1. The Hall–Kier alpha value is -2.21. The predicted octanol–water partition coefficient (Wildman–Crippen LogP) is 3.03.